The summed E-state index contributed by atoms with van der Waals surface area (Å²) in [7, 11) is 0. The third kappa shape index (κ3) is 8.48. The Balaban J connectivity index is 3.49. The van der Waals surface area contributed by atoms with Gasteiger partial charge in [-0.3, -0.25) is 0 Å². The zero-order valence-corrected chi connectivity index (χ0v) is 9.38. The molecule has 0 aromatic rings. The van der Waals surface area contributed by atoms with E-state index in [1.165, 1.54) is 25.7 Å². The van der Waals surface area contributed by atoms with Crippen molar-refractivity contribution in [1.29, 1.82) is 0 Å². The van der Waals surface area contributed by atoms with Crippen molar-refractivity contribution in [2.75, 3.05) is 19.6 Å². The van der Waals surface area contributed by atoms with Gasteiger partial charge in [0.05, 0.1) is 0 Å². The topological polar surface area (TPSA) is 78.1 Å². The van der Waals surface area contributed by atoms with Crippen LogP contribution in [0.4, 0.5) is 0 Å². The van der Waals surface area contributed by atoms with E-state index in [4.69, 9.17) is 17.2 Å². The fourth-order valence-corrected chi connectivity index (χ4v) is 1.82. The Labute approximate surface area is 88.4 Å². The number of nitrogens with two attached hydrogens (primary N) is 3. The van der Waals surface area contributed by atoms with Gasteiger partial charge in [-0.15, -0.1) is 0 Å². The molecule has 0 aliphatic rings. The van der Waals surface area contributed by atoms with Crippen LogP contribution in [0, 0.1) is 5.92 Å². The first-order valence-corrected chi connectivity index (χ1v) is 5.95. The number of unbranched alkanes of at least 4 members (excludes halogenated alkanes) is 1. The molecular weight excluding hydrogens is 174 g/mol. The summed E-state index contributed by atoms with van der Waals surface area (Å²) in [6.45, 7) is 2.45. The van der Waals surface area contributed by atoms with E-state index in [1.54, 1.807) is 0 Å². The lowest BCUT2D eigenvalue weighted by molar-refractivity contribution is 0.388. The van der Waals surface area contributed by atoms with Gasteiger partial charge in [0.2, 0.25) is 0 Å². The third-order valence-electron chi connectivity index (χ3n) is 2.70. The first-order chi connectivity index (χ1) is 6.85. The van der Waals surface area contributed by atoms with Gasteiger partial charge in [0.15, 0.2) is 0 Å². The molecule has 3 heteroatoms. The Morgan fingerprint density at radius 2 is 1.00 bits per heavy atom. The molecule has 6 N–H and O–H groups in total. The highest BCUT2D eigenvalue weighted by atomic mass is 14.5. The number of hydrogen-bond donors (Lipinski definition) is 3. The summed E-state index contributed by atoms with van der Waals surface area (Å²) in [6.07, 6.45) is 8.55. The monoisotopic (exact) mass is 201 g/mol. The molecule has 0 aliphatic carbocycles. The molecule has 3 nitrogen and oxygen atoms in total. The first-order valence-electron chi connectivity index (χ1n) is 5.95. The van der Waals surface area contributed by atoms with Crippen LogP contribution in [0.15, 0.2) is 0 Å². The van der Waals surface area contributed by atoms with Crippen molar-refractivity contribution in [2.45, 2.75) is 44.9 Å². The molecule has 0 fully saturated rings. The lowest BCUT2D eigenvalue weighted by atomic mass is 9.92. The van der Waals surface area contributed by atoms with Crippen LogP contribution in [-0.2, 0) is 0 Å². The Kier molecular flexibility index (Phi) is 10.9. The predicted molar refractivity (Wildman–Crippen MR) is 63.0 cm³/mol. The molecule has 0 unspecified atom stereocenters. The molecule has 0 rings (SSSR count). The minimum absolute atomic E-state index is 0.815. The average molecular weight is 201 g/mol. The van der Waals surface area contributed by atoms with Crippen LogP contribution in [0.1, 0.15) is 44.9 Å². The van der Waals surface area contributed by atoms with Gasteiger partial charge in [-0.25, -0.2) is 0 Å². The second kappa shape index (κ2) is 11.0. The van der Waals surface area contributed by atoms with Gasteiger partial charge < -0.3 is 17.2 Å². The van der Waals surface area contributed by atoms with Gasteiger partial charge in [-0.1, -0.05) is 12.8 Å². The van der Waals surface area contributed by atoms with Crippen LogP contribution < -0.4 is 17.2 Å². The van der Waals surface area contributed by atoms with Crippen molar-refractivity contribution in [3.63, 3.8) is 0 Å². The SMILES string of the molecule is NCCCCC(CCCN)CCCN. The fourth-order valence-electron chi connectivity index (χ4n) is 1.82. The summed E-state index contributed by atoms with van der Waals surface area (Å²) in [5, 5.41) is 0. The highest BCUT2D eigenvalue weighted by Gasteiger charge is 2.07. The molecule has 0 radical (unpaired) electrons. The van der Waals surface area contributed by atoms with E-state index in [1.807, 2.05) is 0 Å². The standard InChI is InChI=1S/C11H27N3/c12-8-2-1-5-11(6-3-9-13)7-4-10-14/h11H,1-10,12-14H2. The van der Waals surface area contributed by atoms with E-state index >= 15 is 0 Å². The van der Waals surface area contributed by atoms with E-state index in [9.17, 15) is 0 Å². The smallest absolute Gasteiger partial charge is 0.00772 e. The number of hydrogen-bond acceptors (Lipinski definition) is 3. The number of rotatable bonds is 10. The largest absolute Gasteiger partial charge is 0.330 e. The van der Waals surface area contributed by atoms with E-state index < -0.39 is 0 Å². The molecule has 0 bridgehead atoms. The van der Waals surface area contributed by atoms with Crippen molar-refractivity contribution < 1.29 is 0 Å². The Hall–Kier alpha value is -0.120. The summed E-state index contributed by atoms with van der Waals surface area (Å²) in [6, 6.07) is 0. The van der Waals surface area contributed by atoms with Crippen molar-refractivity contribution >= 4 is 0 Å². The fraction of sp³-hybridized carbons (Fsp3) is 1.00. The highest BCUT2D eigenvalue weighted by molar-refractivity contribution is 4.61. The van der Waals surface area contributed by atoms with Crippen LogP contribution in [-0.4, -0.2) is 19.6 Å². The molecule has 0 aromatic heterocycles. The zero-order chi connectivity index (χ0) is 10.6. The first kappa shape index (κ1) is 13.9. The van der Waals surface area contributed by atoms with E-state index in [2.05, 4.69) is 0 Å². The summed E-state index contributed by atoms with van der Waals surface area (Å²) < 4.78 is 0. The molecule has 0 heterocycles. The molecule has 0 spiro atoms. The molecule has 0 atom stereocenters. The predicted octanol–water partition coefficient (Wildman–Crippen LogP) is 1.21. The molecular formula is C11H27N3. The minimum Gasteiger partial charge on any atom is -0.330 e. The second-order valence-electron chi connectivity index (χ2n) is 4.01. The quantitative estimate of drug-likeness (QED) is 0.465. The Morgan fingerprint density at radius 1 is 0.571 bits per heavy atom. The Morgan fingerprint density at radius 3 is 1.43 bits per heavy atom. The van der Waals surface area contributed by atoms with Gasteiger partial charge in [0, 0.05) is 0 Å². The average Bonchev–Trinajstić information content (AvgIpc) is 2.21. The minimum atomic E-state index is 0.815. The lowest BCUT2D eigenvalue weighted by Crippen LogP contribution is -2.09. The van der Waals surface area contributed by atoms with Crippen molar-refractivity contribution in [2.24, 2.45) is 23.1 Å². The lowest BCUT2D eigenvalue weighted by Gasteiger charge is -2.15. The van der Waals surface area contributed by atoms with Gasteiger partial charge in [0.1, 0.15) is 0 Å². The second-order valence-corrected chi connectivity index (χ2v) is 4.01. The Bertz CT molecular complexity index is 98.7. The van der Waals surface area contributed by atoms with Crippen LogP contribution in [0.3, 0.4) is 0 Å². The summed E-state index contributed by atoms with van der Waals surface area (Å²) in [5.41, 5.74) is 16.5. The van der Waals surface area contributed by atoms with Crippen LogP contribution >= 0.6 is 0 Å². The maximum absolute atomic E-state index is 5.52. The molecule has 0 amide bonds. The van der Waals surface area contributed by atoms with Crippen molar-refractivity contribution in [3.8, 4) is 0 Å². The normalized spacial score (nSPS) is 11.1. The maximum Gasteiger partial charge on any atom is -0.00772 e. The van der Waals surface area contributed by atoms with Crippen LogP contribution in [0.5, 0.6) is 0 Å². The molecule has 14 heavy (non-hydrogen) atoms. The van der Waals surface area contributed by atoms with Gasteiger partial charge >= 0.3 is 0 Å². The van der Waals surface area contributed by atoms with Gasteiger partial charge in [-0.2, -0.15) is 0 Å². The summed E-state index contributed by atoms with van der Waals surface area (Å²) in [5.74, 6) is 0.827. The van der Waals surface area contributed by atoms with Crippen LogP contribution in [0.25, 0.3) is 0 Å². The van der Waals surface area contributed by atoms with E-state index in [0.717, 1.165) is 44.8 Å². The summed E-state index contributed by atoms with van der Waals surface area (Å²) in [4.78, 5) is 0. The van der Waals surface area contributed by atoms with Crippen LogP contribution in [0.2, 0.25) is 0 Å². The zero-order valence-electron chi connectivity index (χ0n) is 9.38. The van der Waals surface area contributed by atoms with Crippen molar-refractivity contribution in [1.82, 2.24) is 0 Å². The van der Waals surface area contributed by atoms with Crippen molar-refractivity contribution in [3.05, 3.63) is 0 Å². The molecule has 0 saturated heterocycles. The molecule has 86 valence electrons. The molecule has 0 aromatic carbocycles. The molecule has 0 saturated carbocycles. The highest BCUT2D eigenvalue weighted by Crippen LogP contribution is 2.19. The van der Waals surface area contributed by atoms with Gasteiger partial charge in [0.25, 0.3) is 0 Å². The van der Waals surface area contributed by atoms with Gasteiger partial charge in [-0.05, 0) is 57.7 Å². The molecule has 0 aliphatic heterocycles. The maximum atomic E-state index is 5.52. The summed E-state index contributed by atoms with van der Waals surface area (Å²) >= 11 is 0. The van der Waals surface area contributed by atoms with E-state index in [-0.39, 0.29) is 0 Å². The van der Waals surface area contributed by atoms with E-state index in [0.29, 0.717) is 0 Å². The third-order valence-corrected chi connectivity index (χ3v) is 2.70.